The molecule has 0 bridgehead atoms. The average molecular weight is 231 g/mol. The number of anilines is 2. The van der Waals surface area contributed by atoms with Gasteiger partial charge in [0.05, 0.1) is 12.5 Å². The molecule has 1 N–H and O–H groups in total. The third-order valence-electron chi connectivity index (χ3n) is 2.41. The number of hydrogen-bond donors (Lipinski definition) is 1. The fourth-order valence-corrected chi connectivity index (χ4v) is 1.64. The van der Waals surface area contributed by atoms with E-state index in [-0.39, 0.29) is 5.91 Å². The minimum atomic E-state index is -0.0813. The van der Waals surface area contributed by atoms with Gasteiger partial charge in [-0.2, -0.15) is 5.26 Å². The molecule has 0 radical (unpaired) electrons. The summed E-state index contributed by atoms with van der Waals surface area (Å²) in [6, 6.07) is 9.78. The predicted molar refractivity (Wildman–Crippen MR) is 68.9 cm³/mol. The van der Waals surface area contributed by atoms with E-state index in [1.807, 2.05) is 31.2 Å². The molecule has 0 unspecified atom stereocenters. The first-order valence-electron chi connectivity index (χ1n) is 5.67. The van der Waals surface area contributed by atoms with Crippen molar-refractivity contribution in [3.8, 4) is 6.07 Å². The summed E-state index contributed by atoms with van der Waals surface area (Å²) in [7, 11) is 0. The number of carbonyl (C=O) groups excluding carboxylic acids is 1. The van der Waals surface area contributed by atoms with Crippen molar-refractivity contribution >= 4 is 17.3 Å². The Morgan fingerprint density at radius 1 is 1.53 bits per heavy atom. The van der Waals surface area contributed by atoms with Crippen LogP contribution in [0.4, 0.5) is 11.4 Å². The largest absolute Gasteiger partial charge is 0.371 e. The lowest BCUT2D eigenvalue weighted by molar-refractivity contribution is -0.114. The zero-order valence-electron chi connectivity index (χ0n) is 10.2. The first kappa shape index (κ1) is 13.0. The minimum Gasteiger partial charge on any atom is -0.371 e. The van der Waals surface area contributed by atoms with Crippen LogP contribution >= 0.6 is 0 Å². The van der Waals surface area contributed by atoms with Crippen LogP contribution in [0.1, 0.15) is 20.3 Å². The van der Waals surface area contributed by atoms with Crippen LogP contribution in [-0.2, 0) is 4.79 Å². The lowest BCUT2D eigenvalue weighted by Crippen LogP contribution is -2.23. The van der Waals surface area contributed by atoms with Gasteiger partial charge < -0.3 is 10.2 Å². The van der Waals surface area contributed by atoms with Gasteiger partial charge in [0.25, 0.3) is 0 Å². The summed E-state index contributed by atoms with van der Waals surface area (Å²) < 4.78 is 0. The molecule has 0 spiro atoms. The van der Waals surface area contributed by atoms with Gasteiger partial charge in [0, 0.05) is 31.4 Å². The molecule has 0 saturated carbocycles. The van der Waals surface area contributed by atoms with Gasteiger partial charge in [-0.15, -0.1) is 0 Å². The zero-order valence-corrected chi connectivity index (χ0v) is 10.2. The van der Waals surface area contributed by atoms with Crippen molar-refractivity contribution in [3.63, 3.8) is 0 Å². The molecular weight excluding hydrogens is 214 g/mol. The molecule has 1 aromatic rings. The van der Waals surface area contributed by atoms with Crippen LogP contribution in [0.3, 0.4) is 0 Å². The van der Waals surface area contributed by atoms with Crippen LogP contribution < -0.4 is 10.2 Å². The maximum Gasteiger partial charge on any atom is 0.221 e. The fraction of sp³-hybridized carbons (Fsp3) is 0.385. The van der Waals surface area contributed by atoms with E-state index < -0.39 is 0 Å². The summed E-state index contributed by atoms with van der Waals surface area (Å²) in [5.41, 5.74) is 1.81. The zero-order chi connectivity index (χ0) is 12.7. The van der Waals surface area contributed by atoms with Gasteiger partial charge in [-0.05, 0) is 25.1 Å². The summed E-state index contributed by atoms with van der Waals surface area (Å²) >= 11 is 0. The van der Waals surface area contributed by atoms with Crippen LogP contribution in [0, 0.1) is 11.3 Å². The Morgan fingerprint density at radius 3 is 2.88 bits per heavy atom. The van der Waals surface area contributed by atoms with E-state index >= 15 is 0 Å². The Bertz CT molecular complexity index is 423. The van der Waals surface area contributed by atoms with Crippen molar-refractivity contribution in [2.24, 2.45) is 0 Å². The van der Waals surface area contributed by atoms with E-state index in [9.17, 15) is 4.79 Å². The Kier molecular flexibility index (Phi) is 5.02. The van der Waals surface area contributed by atoms with Crippen molar-refractivity contribution in [2.45, 2.75) is 20.3 Å². The average Bonchev–Trinajstić information content (AvgIpc) is 2.30. The first-order valence-corrected chi connectivity index (χ1v) is 5.67. The lowest BCUT2D eigenvalue weighted by Gasteiger charge is -2.22. The molecule has 0 atom stereocenters. The van der Waals surface area contributed by atoms with Gasteiger partial charge in [-0.1, -0.05) is 6.07 Å². The molecular formula is C13H17N3O. The highest BCUT2D eigenvalue weighted by Crippen LogP contribution is 2.19. The number of amides is 1. The number of benzene rings is 1. The number of nitriles is 1. The van der Waals surface area contributed by atoms with Crippen molar-refractivity contribution in [1.82, 2.24) is 0 Å². The molecule has 1 aromatic carbocycles. The highest BCUT2D eigenvalue weighted by Gasteiger charge is 2.04. The molecule has 17 heavy (non-hydrogen) atoms. The quantitative estimate of drug-likeness (QED) is 0.846. The number of nitrogens with one attached hydrogen (secondary N) is 1. The first-order chi connectivity index (χ1) is 8.17. The van der Waals surface area contributed by atoms with Crippen LogP contribution in [0.15, 0.2) is 24.3 Å². The molecule has 0 saturated heterocycles. The minimum absolute atomic E-state index is 0.0813. The lowest BCUT2D eigenvalue weighted by atomic mass is 10.2. The smallest absolute Gasteiger partial charge is 0.221 e. The molecule has 4 heteroatoms. The van der Waals surface area contributed by atoms with Crippen LogP contribution in [0.5, 0.6) is 0 Å². The number of hydrogen-bond acceptors (Lipinski definition) is 3. The molecule has 0 aliphatic rings. The van der Waals surface area contributed by atoms with Crippen LogP contribution in [0.25, 0.3) is 0 Å². The van der Waals surface area contributed by atoms with Gasteiger partial charge in [-0.25, -0.2) is 0 Å². The maximum atomic E-state index is 11.0. The Morgan fingerprint density at radius 2 is 2.29 bits per heavy atom. The Hall–Kier alpha value is -2.02. The van der Waals surface area contributed by atoms with E-state index in [4.69, 9.17) is 5.26 Å². The van der Waals surface area contributed by atoms with E-state index in [0.717, 1.165) is 17.9 Å². The Labute approximate surface area is 102 Å². The summed E-state index contributed by atoms with van der Waals surface area (Å²) in [4.78, 5) is 13.1. The normalized spacial score (nSPS) is 9.47. The number of carbonyl (C=O) groups is 1. The van der Waals surface area contributed by atoms with Gasteiger partial charge in [0.2, 0.25) is 5.91 Å². The molecule has 0 aliphatic heterocycles. The van der Waals surface area contributed by atoms with E-state index in [1.165, 1.54) is 6.92 Å². The predicted octanol–water partition coefficient (Wildman–Crippen LogP) is 2.38. The van der Waals surface area contributed by atoms with E-state index in [2.05, 4.69) is 16.3 Å². The van der Waals surface area contributed by atoms with Crippen molar-refractivity contribution < 1.29 is 4.79 Å². The van der Waals surface area contributed by atoms with Gasteiger partial charge in [0.1, 0.15) is 0 Å². The summed E-state index contributed by atoms with van der Waals surface area (Å²) in [5, 5.41) is 11.3. The van der Waals surface area contributed by atoms with Crippen molar-refractivity contribution in [1.29, 1.82) is 5.26 Å². The third-order valence-corrected chi connectivity index (χ3v) is 2.41. The number of rotatable bonds is 5. The van der Waals surface area contributed by atoms with Crippen LogP contribution in [-0.4, -0.2) is 19.0 Å². The van der Waals surface area contributed by atoms with E-state index in [0.29, 0.717) is 13.0 Å². The molecule has 0 heterocycles. The second-order valence-corrected chi connectivity index (χ2v) is 3.72. The monoisotopic (exact) mass is 231 g/mol. The Balaban J connectivity index is 2.81. The van der Waals surface area contributed by atoms with Crippen LogP contribution in [0.2, 0.25) is 0 Å². The third kappa shape index (κ3) is 4.15. The van der Waals surface area contributed by atoms with E-state index in [1.54, 1.807) is 0 Å². The molecule has 4 nitrogen and oxygen atoms in total. The van der Waals surface area contributed by atoms with Crippen molar-refractivity contribution in [2.75, 3.05) is 23.3 Å². The second-order valence-electron chi connectivity index (χ2n) is 3.72. The molecule has 0 fully saturated rings. The highest BCUT2D eigenvalue weighted by atomic mass is 16.1. The maximum absolute atomic E-state index is 11.0. The molecule has 1 amide bonds. The standard InChI is InChI=1S/C13H17N3O/c1-3-16(9-5-8-14)13-7-4-6-12(10-13)15-11(2)17/h4,6-7,10H,3,5,9H2,1-2H3,(H,15,17). The molecule has 0 aromatic heterocycles. The molecule has 1 rings (SSSR count). The summed E-state index contributed by atoms with van der Waals surface area (Å²) in [6.07, 6.45) is 0.498. The van der Waals surface area contributed by atoms with Crippen molar-refractivity contribution in [3.05, 3.63) is 24.3 Å². The highest BCUT2D eigenvalue weighted by molar-refractivity contribution is 5.89. The summed E-state index contributed by atoms with van der Waals surface area (Å²) in [5.74, 6) is -0.0813. The van der Waals surface area contributed by atoms with Gasteiger partial charge >= 0.3 is 0 Å². The number of nitrogens with zero attached hydrogens (tertiary/aromatic N) is 2. The molecule has 0 aliphatic carbocycles. The van der Waals surface area contributed by atoms with Gasteiger partial charge in [0.15, 0.2) is 0 Å². The SMILES string of the molecule is CCN(CCC#N)c1cccc(NC(C)=O)c1. The topological polar surface area (TPSA) is 56.1 Å². The molecule has 90 valence electrons. The summed E-state index contributed by atoms with van der Waals surface area (Å²) in [6.45, 7) is 5.07. The fourth-order valence-electron chi connectivity index (χ4n) is 1.64. The second kappa shape index (κ2) is 6.54. The van der Waals surface area contributed by atoms with Gasteiger partial charge in [-0.3, -0.25) is 4.79 Å².